The van der Waals surface area contributed by atoms with Crippen molar-refractivity contribution >= 4 is 29.4 Å². The quantitative estimate of drug-likeness (QED) is 0.587. The number of imide groups is 1. The van der Waals surface area contributed by atoms with Crippen LogP contribution < -0.4 is 24.4 Å². The third kappa shape index (κ3) is 4.10. The normalized spacial score (nSPS) is 27.5. The number of piperidine rings is 3. The zero-order valence-corrected chi connectivity index (χ0v) is 20.8. The molecular formula is C25H32N4O7. The number of fused-ring (bicyclic) bond motifs is 4. The van der Waals surface area contributed by atoms with Crippen LogP contribution in [0.15, 0.2) is 12.1 Å². The minimum atomic E-state index is -0.960. The third-order valence-electron chi connectivity index (χ3n) is 7.84. The van der Waals surface area contributed by atoms with Gasteiger partial charge in [0.1, 0.15) is 6.04 Å². The average Bonchev–Trinajstić information content (AvgIpc) is 3.15. The predicted molar refractivity (Wildman–Crippen MR) is 128 cm³/mol. The van der Waals surface area contributed by atoms with Crippen LogP contribution in [0.1, 0.15) is 32.1 Å². The van der Waals surface area contributed by atoms with Crippen LogP contribution in [-0.4, -0.2) is 86.6 Å². The van der Waals surface area contributed by atoms with E-state index in [0.717, 1.165) is 24.2 Å². The van der Waals surface area contributed by atoms with Gasteiger partial charge in [-0.1, -0.05) is 0 Å². The molecule has 4 heterocycles. The molecule has 194 valence electrons. The predicted octanol–water partition coefficient (Wildman–Crippen LogP) is 1.39. The van der Waals surface area contributed by atoms with Crippen LogP contribution in [0, 0.1) is 11.8 Å². The van der Waals surface area contributed by atoms with Crippen LogP contribution in [0.5, 0.6) is 17.2 Å². The fourth-order valence-corrected chi connectivity index (χ4v) is 6.23. The van der Waals surface area contributed by atoms with Gasteiger partial charge < -0.3 is 29.3 Å². The zero-order valence-electron chi connectivity index (χ0n) is 20.8. The van der Waals surface area contributed by atoms with Gasteiger partial charge in [-0.15, -0.1) is 0 Å². The second-order valence-electron chi connectivity index (χ2n) is 9.93. The standard InChI is InChI=1S/C25H32N4O7/c1-34-19-8-16(9-20(35-2)23(19)36-3)29-24(32)17(26-25(29)33)10-22(31)27-11-14-7-15(13-27)18-5-4-6-21(30)28(18)12-14/h8-9,14-15,17-18H,4-7,10-13H2,1-3H3,(H,26,33)/t14-,15+,17+,18?/m1/s1. The number of ether oxygens (including phenoxy) is 3. The Morgan fingerprint density at radius 3 is 2.42 bits per heavy atom. The molecule has 4 aliphatic rings. The largest absolute Gasteiger partial charge is 0.493 e. The number of rotatable bonds is 6. The van der Waals surface area contributed by atoms with Gasteiger partial charge in [0.2, 0.25) is 17.6 Å². The van der Waals surface area contributed by atoms with Crippen LogP contribution in [0.3, 0.4) is 0 Å². The Balaban J connectivity index is 1.28. The Hall–Kier alpha value is -3.50. The van der Waals surface area contributed by atoms with Gasteiger partial charge in [-0.3, -0.25) is 14.4 Å². The lowest BCUT2D eigenvalue weighted by Crippen LogP contribution is -2.61. The van der Waals surface area contributed by atoms with Crippen LogP contribution >= 0.6 is 0 Å². The summed E-state index contributed by atoms with van der Waals surface area (Å²) in [6, 6.07) is 1.66. The number of anilines is 1. The highest BCUT2D eigenvalue weighted by Crippen LogP contribution is 2.42. The summed E-state index contributed by atoms with van der Waals surface area (Å²) in [5.74, 6) is 1.02. The minimum Gasteiger partial charge on any atom is -0.493 e. The maximum Gasteiger partial charge on any atom is 0.329 e. The number of nitrogens with one attached hydrogen (secondary N) is 1. The van der Waals surface area contributed by atoms with E-state index in [1.54, 1.807) is 0 Å². The molecule has 0 saturated carbocycles. The van der Waals surface area contributed by atoms with E-state index in [1.807, 2.05) is 9.80 Å². The van der Waals surface area contributed by atoms with E-state index in [2.05, 4.69) is 5.32 Å². The maximum absolute atomic E-state index is 13.3. The van der Waals surface area contributed by atoms with Gasteiger partial charge in [0, 0.05) is 44.2 Å². The van der Waals surface area contributed by atoms with Crippen molar-refractivity contribution in [3.63, 3.8) is 0 Å². The Morgan fingerprint density at radius 1 is 1.03 bits per heavy atom. The minimum absolute atomic E-state index is 0.113. The van der Waals surface area contributed by atoms with Crippen molar-refractivity contribution in [3.8, 4) is 17.2 Å². The van der Waals surface area contributed by atoms with Crippen molar-refractivity contribution < 1.29 is 33.4 Å². The molecule has 0 aliphatic carbocycles. The number of nitrogens with zero attached hydrogens (tertiary/aromatic N) is 3. The number of carbonyl (C=O) groups excluding carboxylic acids is 4. The van der Waals surface area contributed by atoms with Crippen molar-refractivity contribution in [1.82, 2.24) is 15.1 Å². The Bertz CT molecular complexity index is 1070. The van der Waals surface area contributed by atoms with Crippen molar-refractivity contribution in [3.05, 3.63) is 12.1 Å². The van der Waals surface area contributed by atoms with Crippen LogP contribution in [0.25, 0.3) is 0 Å². The number of hydrogen-bond acceptors (Lipinski definition) is 7. The van der Waals surface area contributed by atoms with E-state index in [9.17, 15) is 19.2 Å². The summed E-state index contributed by atoms with van der Waals surface area (Å²) >= 11 is 0. The van der Waals surface area contributed by atoms with Gasteiger partial charge in [-0.05, 0) is 31.1 Å². The van der Waals surface area contributed by atoms with Gasteiger partial charge in [-0.2, -0.15) is 0 Å². The van der Waals surface area contributed by atoms with E-state index in [-0.39, 0.29) is 41.8 Å². The molecule has 4 aliphatic heterocycles. The highest BCUT2D eigenvalue weighted by atomic mass is 16.5. The molecule has 1 unspecified atom stereocenters. The molecule has 1 N–H and O–H groups in total. The van der Waals surface area contributed by atoms with Crippen molar-refractivity contribution in [2.45, 2.75) is 44.2 Å². The number of benzene rings is 1. The summed E-state index contributed by atoms with van der Waals surface area (Å²) < 4.78 is 16.0. The molecule has 5 rings (SSSR count). The molecule has 4 atom stereocenters. The molecule has 0 aromatic heterocycles. The Kier molecular flexibility index (Phi) is 6.40. The number of likely N-dealkylation sites (tertiary alicyclic amines) is 1. The number of carbonyl (C=O) groups is 4. The summed E-state index contributed by atoms with van der Waals surface area (Å²) in [4.78, 5) is 56.5. The topological polar surface area (TPSA) is 118 Å². The summed E-state index contributed by atoms with van der Waals surface area (Å²) in [6.45, 7) is 1.84. The molecule has 5 amide bonds. The Morgan fingerprint density at radius 2 is 1.75 bits per heavy atom. The molecule has 2 bridgehead atoms. The SMILES string of the molecule is COc1cc(N2C(=O)N[C@@H](CC(=O)N3C[C@H]4C[C@@H](C3)C3CCCC(=O)N3C4)C2=O)cc(OC)c1OC. The van der Waals surface area contributed by atoms with E-state index < -0.39 is 18.0 Å². The van der Waals surface area contributed by atoms with Gasteiger partial charge in [0.05, 0.1) is 33.4 Å². The van der Waals surface area contributed by atoms with Crippen molar-refractivity contribution in [1.29, 1.82) is 0 Å². The van der Waals surface area contributed by atoms with Crippen LogP contribution in [0.4, 0.5) is 10.5 Å². The summed E-state index contributed by atoms with van der Waals surface area (Å²) in [6.07, 6.45) is 3.40. The van der Waals surface area contributed by atoms with Crippen molar-refractivity contribution in [2.75, 3.05) is 45.9 Å². The second kappa shape index (κ2) is 9.51. The monoisotopic (exact) mass is 500 g/mol. The zero-order chi connectivity index (χ0) is 25.6. The highest BCUT2D eigenvalue weighted by molar-refractivity contribution is 6.22. The molecule has 0 spiro atoms. The van der Waals surface area contributed by atoms with Gasteiger partial charge in [0.25, 0.3) is 5.91 Å². The third-order valence-corrected chi connectivity index (χ3v) is 7.84. The molecule has 11 nitrogen and oxygen atoms in total. The number of hydrogen-bond donors (Lipinski definition) is 1. The smallest absolute Gasteiger partial charge is 0.329 e. The fourth-order valence-electron chi connectivity index (χ4n) is 6.23. The molecule has 4 saturated heterocycles. The van der Waals surface area contributed by atoms with Gasteiger partial charge in [-0.25, -0.2) is 9.69 Å². The van der Waals surface area contributed by atoms with Gasteiger partial charge >= 0.3 is 6.03 Å². The second-order valence-corrected chi connectivity index (χ2v) is 9.93. The first kappa shape index (κ1) is 24.2. The van der Waals surface area contributed by atoms with E-state index >= 15 is 0 Å². The van der Waals surface area contributed by atoms with E-state index in [0.29, 0.717) is 43.3 Å². The Labute approximate surface area is 209 Å². The number of amides is 5. The lowest BCUT2D eigenvalue weighted by Gasteiger charge is -2.52. The molecule has 1 aromatic carbocycles. The summed E-state index contributed by atoms with van der Waals surface area (Å²) in [7, 11) is 4.36. The first-order chi connectivity index (χ1) is 17.3. The van der Waals surface area contributed by atoms with Crippen LogP contribution in [-0.2, 0) is 14.4 Å². The maximum atomic E-state index is 13.3. The first-order valence-electron chi connectivity index (χ1n) is 12.4. The molecule has 0 radical (unpaired) electrons. The summed E-state index contributed by atoms with van der Waals surface area (Å²) in [5.41, 5.74) is 0.261. The number of methoxy groups -OCH3 is 3. The van der Waals surface area contributed by atoms with Crippen LogP contribution in [0.2, 0.25) is 0 Å². The molecule has 36 heavy (non-hydrogen) atoms. The molecule has 1 aromatic rings. The summed E-state index contributed by atoms with van der Waals surface area (Å²) in [5, 5.41) is 2.65. The van der Waals surface area contributed by atoms with Crippen molar-refractivity contribution in [2.24, 2.45) is 11.8 Å². The lowest BCUT2D eigenvalue weighted by molar-refractivity contribution is -0.149. The van der Waals surface area contributed by atoms with E-state index in [4.69, 9.17) is 14.2 Å². The van der Waals surface area contributed by atoms with Gasteiger partial charge in [0.15, 0.2) is 11.5 Å². The first-order valence-corrected chi connectivity index (χ1v) is 12.4. The van der Waals surface area contributed by atoms with E-state index in [1.165, 1.54) is 33.5 Å². The highest BCUT2D eigenvalue weighted by Gasteiger charge is 2.46. The fraction of sp³-hybridized carbons (Fsp3) is 0.600. The molecule has 4 fully saturated rings. The molecular weight excluding hydrogens is 468 g/mol. The number of urea groups is 1. The lowest BCUT2D eigenvalue weighted by atomic mass is 9.76. The average molecular weight is 501 g/mol. The molecule has 11 heteroatoms.